The Hall–Kier alpha value is -0.240. The molecule has 6 saturated heterocycles. The van der Waals surface area contributed by atoms with Crippen LogP contribution in [0.15, 0.2) is 0 Å². The molecule has 3 saturated carbocycles. The van der Waals surface area contributed by atoms with Gasteiger partial charge in [-0.05, 0) is 95.3 Å². The normalized spacial score (nSPS) is 33.5. The number of ether oxygens (including phenoxy) is 6. The first-order chi connectivity index (χ1) is 21.4. The van der Waals surface area contributed by atoms with Crippen molar-refractivity contribution in [1.82, 2.24) is 0 Å². The topological polar surface area (TPSA) is 75.2 Å². The Bertz CT molecular complexity index is 754. The highest BCUT2D eigenvalue weighted by molar-refractivity contribution is 4.92. The summed E-state index contributed by atoms with van der Waals surface area (Å²) in [6.45, 7) is 16.3. The van der Waals surface area contributed by atoms with E-state index in [0.717, 1.165) is 37.6 Å². The maximum absolute atomic E-state index is 5.49. The van der Waals surface area contributed by atoms with Crippen LogP contribution in [-0.2, 0) is 28.4 Å². The minimum Gasteiger partial charge on any atom is -0.373 e. The van der Waals surface area contributed by atoms with Crippen molar-refractivity contribution in [3.05, 3.63) is 0 Å². The number of rotatable bonds is 8. The van der Waals surface area contributed by atoms with Gasteiger partial charge in [-0.15, -0.1) is 0 Å². The lowest BCUT2D eigenvalue weighted by Crippen LogP contribution is -2.12. The number of hydrogen-bond donors (Lipinski definition) is 0. The fraction of sp³-hybridized carbons (Fsp3) is 1.00. The van der Waals surface area contributed by atoms with Crippen molar-refractivity contribution >= 4 is 0 Å². The van der Waals surface area contributed by atoms with Gasteiger partial charge in [-0.3, -0.25) is 0 Å². The minimum absolute atomic E-state index is 0. The maximum Gasteiger partial charge on any atom is 0.0844 e. The summed E-state index contributed by atoms with van der Waals surface area (Å²) >= 11 is 0. The summed E-state index contributed by atoms with van der Waals surface area (Å²) in [7, 11) is 0. The van der Waals surface area contributed by atoms with Gasteiger partial charge in [0.05, 0.1) is 74.8 Å². The third kappa shape index (κ3) is 33.3. The largest absolute Gasteiger partial charge is 0.373 e. The Labute approximate surface area is 352 Å². The van der Waals surface area contributed by atoms with Crippen LogP contribution in [0.4, 0.5) is 0 Å². The van der Waals surface area contributed by atoms with E-state index in [1.54, 1.807) is 0 Å². The van der Waals surface area contributed by atoms with Gasteiger partial charge in [-0.1, -0.05) is 155 Å². The van der Waals surface area contributed by atoms with Crippen molar-refractivity contribution in [2.24, 2.45) is 17.8 Å². The van der Waals surface area contributed by atoms with Crippen LogP contribution in [0.3, 0.4) is 0 Å². The summed E-state index contributed by atoms with van der Waals surface area (Å²) in [5.41, 5.74) is 0. The Kier molecular flexibility index (Phi) is 51.6. The van der Waals surface area contributed by atoms with E-state index in [9.17, 15) is 0 Å². The zero-order valence-corrected chi connectivity index (χ0v) is 29.5. The Morgan fingerprint density at radius 2 is 0.782 bits per heavy atom. The Morgan fingerprint density at radius 3 is 1.09 bits per heavy atom. The molecule has 6 nitrogen and oxygen atoms in total. The summed E-state index contributed by atoms with van der Waals surface area (Å²) in [6.07, 6.45) is 29.0. The van der Waals surface area contributed by atoms with Gasteiger partial charge in [0.1, 0.15) is 0 Å². The van der Waals surface area contributed by atoms with Gasteiger partial charge in [0.25, 0.3) is 0 Å². The maximum atomic E-state index is 5.49. The van der Waals surface area contributed by atoms with Crippen molar-refractivity contribution in [3.8, 4) is 0 Å². The zero-order chi connectivity index (χ0) is 31.3. The average molecular weight is 799 g/mol. The average Bonchev–Trinajstić information content (AvgIpc) is 3.83. The Balaban J connectivity index is -0.0000000788. The summed E-state index contributed by atoms with van der Waals surface area (Å²) < 4.78 is 30.8. The first-order valence-corrected chi connectivity index (χ1v) is 19.2. The fourth-order valence-corrected chi connectivity index (χ4v) is 6.77. The molecule has 12 atom stereocenters. The highest BCUT2D eigenvalue weighted by atomic mass is 16.6. The Morgan fingerprint density at radius 1 is 0.400 bits per heavy atom. The van der Waals surface area contributed by atoms with Crippen molar-refractivity contribution in [3.63, 3.8) is 0 Å². The van der Waals surface area contributed by atoms with Crippen LogP contribution in [0.1, 0.15) is 232 Å². The molecule has 9 aliphatic rings. The van der Waals surface area contributed by atoms with Crippen LogP contribution in [0.2, 0.25) is 0 Å². The lowest BCUT2D eigenvalue weighted by atomic mass is 9.86. The van der Waals surface area contributed by atoms with E-state index in [1.807, 2.05) is 0 Å². The van der Waals surface area contributed by atoms with Gasteiger partial charge in [-0.25, -0.2) is 0 Å². The van der Waals surface area contributed by atoms with E-state index < -0.39 is 0 Å². The molecule has 6 aliphatic heterocycles. The molecule has 55 heavy (non-hydrogen) atoms. The predicted molar refractivity (Wildman–Crippen MR) is 252 cm³/mol. The van der Waals surface area contributed by atoms with Gasteiger partial charge >= 0.3 is 0 Å². The van der Waals surface area contributed by atoms with E-state index in [1.165, 1.54) is 109 Å². The second kappa shape index (κ2) is 39.2. The standard InChI is InChI=1S/C10H18O.C8H14O.C7H12O.C6H12O.C4H8O.C3H6O.11CH4/c1-2-3-4-8-5-6-9-10(7-8)11-9;1-2-6-3-4-7-8(5-6)9-7;1-5-2-3-6-7(4-5)8-6;1-2-3-4-6-5-7-6;1-2-4-3-5-4;1-3-2-4-3;;;;;;;;;;;/h8-10H,2-7H2,1H3;6-8H,2-5H2,1H3;5-7H,2-4H2,1H3;6H,2-5H2,1H3;4H,2-3H2,1H3;3H,2H2,1H3;11*1H4. The number of epoxide rings is 6. The smallest absolute Gasteiger partial charge is 0.0844 e. The van der Waals surface area contributed by atoms with Crippen molar-refractivity contribution in [2.45, 2.75) is 287 Å². The lowest BCUT2D eigenvalue weighted by Gasteiger charge is -2.17. The molecule has 6 heterocycles. The lowest BCUT2D eigenvalue weighted by molar-refractivity contribution is 0.346. The first-order valence-electron chi connectivity index (χ1n) is 19.2. The van der Waals surface area contributed by atoms with Crippen LogP contribution in [-0.4, -0.2) is 74.8 Å². The van der Waals surface area contributed by atoms with Gasteiger partial charge < -0.3 is 28.4 Å². The van der Waals surface area contributed by atoms with E-state index in [4.69, 9.17) is 28.4 Å². The minimum atomic E-state index is 0. The fourth-order valence-electron chi connectivity index (χ4n) is 6.77. The van der Waals surface area contributed by atoms with Crippen LogP contribution in [0.5, 0.6) is 0 Å². The zero-order valence-electron chi connectivity index (χ0n) is 29.5. The quantitative estimate of drug-likeness (QED) is 0.228. The molecule has 0 aromatic carbocycles. The molecule has 0 amide bonds. The predicted octanol–water partition coefficient (Wildman–Crippen LogP) is 16.1. The van der Waals surface area contributed by atoms with Crippen LogP contribution < -0.4 is 0 Å². The second-order valence-electron chi connectivity index (χ2n) is 15.1. The molecular formula is C49H114O6. The van der Waals surface area contributed by atoms with Crippen LogP contribution in [0, 0.1) is 17.8 Å². The number of hydrogen-bond acceptors (Lipinski definition) is 6. The van der Waals surface area contributed by atoms with Crippen LogP contribution >= 0.6 is 0 Å². The SMILES string of the molecule is C.C.C.C.C.C.C.C.C.C.C.CC1CCC2OC2C1.CC1CO1.CCC1CCC2OC2C1.CCC1CO1.CCCCC1CCC2OC2C1.CCCCC1CO1. The van der Waals surface area contributed by atoms with E-state index >= 15 is 0 Å². The van der Waals surface area contributed by atoms with Crippen molar-refractivity contribution in [1.29, 1.82) is 0 Å². The highest BCUT2D eigenvalue weighted by Gasteiger charge is 2.44. The van der Waals surface area contributed by atoms with E-state index in [-0.39, 0.29) is 81.7 Å². The molecule has 0 spiro atoms. The molecule has 9 fully saturated rings. The molecule has 346 valence electrons. The number of unbranched alkanes of at least 4 members (excludes halogenated alkanes) is 2. The van der Waals surface area contributed by atoms with E-state index in [2.05, 4.69) is 41.5 Å². The third-order valence-corrected chi connectivity index (χ3v) is 10.7. The molecule has 0 aromatic heterocycles. The van der Waals surface area contributed by atoms with Gasteiger partial charge in [0.15, 0.2) is 0 Å². The summed E-state index contributed by atoms with van der Waals surface area (Å²) in [6, 6.07) is 0. The molecular weight excluding hydrogens is 685 g/mol. The van der Waals surface area contributed by atoms with E-state index in [0.29, 0.717) is 54.9 Å². The van der Waals surface area contributed by atoms with Crippen molar-refractivity contribution in [2.75, 3.05) is 19.8 Å². The van der Waals surface area contributed by atoms with Crippen LogP contribution in [0.25, 0.3) is 0 Å². The van der Waals surface area contributed by atoms with Gasteiger partial charge in [0, 0.05) is 0 Å². The number of fused-ring (bicyclic) bond motifs is 3. The molecule has 6 heteroatoms. The monoisotopic (exact) mass is 799 g/mol. The molecule has 3 aliphatic carbocycles. The second-order valence-corrected chi connectivity index (χ2v) is 15.1. The molecule has 0 N–H and O–H groups in total. The summed E-state index contributed by atoms with van der Waals surface area (Å²) in [5.74, 6) is 2.91. The molecule has 0 aromatic rings. The molecule has 9 rings (SSSR count). The molecule has 12 unspecified atom stereocenters. The molecule has 0 bridgehead atoms. The third-order valence-electron chi connectivity index (χ3n) is 10.7. The van der Waals surface area contributed by atoms with Gasteiger partial charge in [-0.2, -0.15) is 0 Å². The van der Waals surface area contributed by atoms with Crippen molar-refractivity contribution < 1.29 is 28.4 Å². The summed E-state index contributed by atoms with van der Waals surface area (Å²) in [4.78, 5) is 0. The first kappa shape index (κ1) is 72.4. The molecule has 0 radical (unpaired) electrons. The highest BCUT2D eigenvalue weighted by Crippen LogP contribution is 2.42. The van der Waals surface area contributed by atoms with Gasteiger partial charge in [0.2, 0.25) is 0 Å². The summed E-state index contributed by atoms with van der Waals surface area (Å²) in [5, 5.41) is 0.